The minimum atomic E-state index is -1.62. The zero-order chi connectivity index (χ0) is 43.8. The smallest absolute Gasteiger partial charge is 0.305 e. The Hall–Kier alpha value is -5.54. The van der Waals surface area contributed by atoms with E-state index in [1.54, 1.807) is 52.0 Å². The van der Waals surface area contributed by atoms with E-state index in [0.29, 0.717) is 29.9 Å². The van der Waals surface area contributed by atoms with Crippen LogP contribution in [0.5, 0.6) is 5.75 Å². The molecule has 1 saturated heterocycles. The monoisotopic (exact) mass is 809 g/mol. The molecule has 2 heterocycles. The van der Waals surface area contributed by atoms with Gasteiger partial charge in [-0.2, -0.15) is 0 Å². The van der Waals surface area contributed by atoms with E-state index in [9.17, 15) is 48.6 Å². The Balaban J connectivity index is 1.90. The van der Waals surface area contributed by atoms with E-state index in [1.807, 2.05) is 27.7 Å². The lowest BCUT2D eigenvalue weighted by Gasteiger charge is -2.35. The first-order valence-electron chi connectivity index (χ1n) is 19.5. The number of nitrogens with zero attached hydrogens (tertiary/aromatic N) is 1. The molecule has 1 aromatic rings. The van der Waals surface area contributed by atoms with Crippen LogP contribution in [0, 0.1) is 23.2 Å². The van der Waals surface area contributed by atoms with Gasteiger partial charge in [0.05, 0.1) is 18.9 Å². The van der Waals surface area contributed by atoms with Crippen molar-refractivity contribution in [3.05, 3.63) is 47.7 Å². The number of amides is 5. The van der Waals surface area contributed by atoms with Crippen molar-refractivity contribution in [1.82, 2.24) is 26.2 Å². The molecule has 1 fully saturated rings. The number of hydrogen-bond acceptors (Lipinski definition) is 9. The number of ketones is 1. The number of carbonyl (C=O) groups is 8. The Morgan fingerprint density at radius 3 is 2.02 bits per heavy atom. The van der Waals surface area contributed by atoms with E-state index in [4.69, 9.17) is 4.74 Å². The van der Waals surface area contributed by atoms with Gasteiger partial charge in [0.2, 0.25) is 29.5 Å². The Bertz CT molecular complexity index is 1830. The average Bonchev–Trinajstić information content (AvgIpc) is 3.49. The zero-order valence-electron chi connectivity index (χ0n) is 34.9. The van der Waals surface area contributed by atoms with Gasteiger partial charge in [0.15, 0.2) is 5.78 Å². The number of likely N-dealkylation sites (tertiary alicyclic amines) is 1. The molecule has 16 nitrogen and oxygen atoms in total. The Kier molecular flexibility index (Phi) is 15.9. The molecule has 0 aromatic heterocycles. The van der Waals surface area contributed by atoms with Crippen LogP contribution in [0.15, 0.2) is 36.6 Å². The first kappa shape index (κ1) is 46.8. The Morgan fingerprint density at radius 2 is 1.47 bits per heavy atom. The predicted octanol–water partition coefficient (Wildman–Crippen LogP) is 2.98. The van der Waals surface area contributed by atoms with E-state index in [2.05, 4.69) is 27.8 Å². The summed E-state index contributed by atoms with van der Waals surface area (Å²) in [6.07, 6.45) is 0.897. The van der Waals surface area contributed by atoms with E-state index < -0.39 is 108 Å². The van der Waals surface area contributed by atoms with Gasteiger partial charge < -0.3 is 41.1 Å². The highest BCUT2D eigenvalue weighted by Gasteiger charge is 2.46. The number of ether oxygens (including phenoxy) is 1. The van der Waals surface area contributed by atoms with Gasteiger partial charge in [-0.1, -0.05) is 67.2 Å². The number of carboxylic acid groups (broad SMARTS) is 2. The number of benzene rings is 1. The molecule has 3 rings (SSSR count). The normalized spacial score (nSPS) is 18.5. The summed E-state index contributed by atoms with van der Waals surface area (Å²) in [6.45, 7) is 19.6. The summed E-state index contributed by atoms with van der Waals surface area (Å²) in [5, 5.41) is 29.5. The number of aliphatic carboxylic acids is 2. The number of Topliss-reactive ketones (excluding diaryl/α,β-unsaturated/α-hetero) is 1. The van der Waals surface area contributed by atoms with Gasteiger partial charge in [0.25, 0.3) is 0 Å². The van der Waals surface area contributed by atoms with Crippen LogP contribution in [0.25, 0.3) is 5.57 Å². The minimum Gasteiger partial charge on any atom is -0.481 e. The molecule has 0 radical (unpaired) electrons. The summed E-state index contributed by atoms with van der Waals surface area (Å²) in [7, 11) is 0. The molecule has 0 aliphatic carbocycles. The topological polar surface area (TPSA) is 238 Å². The molecule has 6 N–H and O–H groups in total. The number of nitrogens with one attached hydrogen (secondary N) is 4. The molecular formula is C42H59N5O11. The maximum Gasteiger partial charge on any atom is 0.305 e. The van der Waals surface area contributed by atoms with Crippen molar-refractivity contribution in [3.8, 4) is 5.75 Å². The number of rotatable bonds is 18. The molecule has 318 valence electrons. The quantitative estimate of drug-likeness (QED) is 0.126. The fourth-order valence-corrected chi connectivity index (χ4v) is 7.38. The van der Waals surface area contributed by atoms with Crippen molar-refractivity contribution in [2.75, 3.05) is 6.54 Å². The minimum absolute atomic E-state index is 0.102. The average molecular weight is 810 g/mol. The lowest BCUT2D eigenvalue weighted by Crippen LogP contribution is -2.61. The van der Waals surface area contributed by atoms with Crippen LogP contribution in [0.1, 0.15) is 99.1 Å². The fraction of sp³-hybridized carbons (Fsp3) is 0.571. The summed E-state index contributed by atoms with van der Waals surface area (Å²) in [5.41, 5.74) is 1.96. The highest BCUT2D eigenvalue weighted by Crippen LogP contribution is 2.36. The molecule has 16 heteroatoms. The van der Waals surface area contributed by atoms with Gasteiger partial charge in [0, 0.05) is 25.5 Å². The van der Waals surface area contributed by atoms with Crippen LogP contribution < -0.4 is 26.0 Å². The van der Waals surface area contributed by atoms with E-state index >= 15 is 0 Å². The van der Waals surface area contributed by atoms with Gasteiger partial charge in [-0.15, -0.1) is 0 Å². The van der Waals surface area contributed by atoms with Gasteiger partial charge in [0.1, 0.15) is 35.7 Å². The summed E-state index contributed by atoms with van der Waals surface area (Å²) in [5.74, 6) is -7.41. The summed E-state index contributed by atoms with van der Waals surface area (Å²) >= 11 is 0. The molecular weight excluding hydrogens is 750 g/mol. The van der Waals surface area contributed by atoms with Crippen LogP contribution in [-0.2, 0) is 44.8 Å². The molecule has 5 amide bonds. The maximum absolute atomic E-state index is 14.4. The number of allylic oxidation sites excluding steroid dienone is 2. The second-order valence-electron chi connectivity index (χ2n) is 17.1. The Morgan fingerprint density at radius 1 is 0.862 bits per heavy atom. The second-order valence-corrected chi connectivity index (χ2v) is 17.1. The molecule has 0 saturated carbocycles. The Labute approximate surface area is 339 Å². The number of hydrogen-bond donors (Lipinski definition) is 6. The predicted molar refractivity (Wildman–Crippen MR) is 214 cm³/mol. The van der Waals surface area contributed by atoms with Gasteiger partial charge in [-0.05, 0) is 66.2 Å². The van der Waals surface area contributed by atoms with E-state index in [1.165, 1.54) is 11.8 Å². The zero-order valence-corrected chi connectivity index (χ0v) is 34.9. The summed E-state index contributed by atoms with van der Waals surface area (Å²) < 4.78 is 5.74. The molecule has 2 aliphatic rings. The highest BCUT2D eigenvalue weighted by molar-refractivity contribution is 5.99. The van der Waals surface area contributed by atoms with Crippen molar-refractivity contribution < 1.29 is 53.3 Å². The van der Waals surface area contributed by atoms with Crippen molar-refractivity contribution in [3.63, 3.8) is 0 Å². The highest BCUT2D eigenvalue weighted by atomic mass is 16.5. The first-order valence-corrected chi connectivity index (χ1v) is 19.5. The molecule has 1 aromatic carbocycles. The molecule has 0 spiro atoms. The van der Waals surface area contributed by atoms with Crippen molar-refractivity contribution in [2.45, 2.75) is 125 Å². The molecule has 2 aliphatic heterocycles. The summed E-state index contributed by atoms with van der Waals surface area (Å²) in [4.78, 5) is 106. The maximum atomic E-state index is 14.4. The number of carbonyl (C=O) groups excluding carboxylic acids is 6. The van der Waals surface area contributed by atoms with Crippen molar-refractivity contribution in [2.24, 2.45) is 23.2 Å². The van der Waals surface area contributed by atoms with Crippen molar-refractivity contribution in [1.29, 1.82) is 0 Å². The third kappa shape index (κ3) is 13.0. The van der Waals surface area contributed by atoms with Crippen LogP contribution >= 0.6 is 0 Å². The molecule has 0 bridgehead atoms. The molecule has 0 unspecified atom stereocenters. The SMILES string of the molecule is C=C1C=C(C)c2ccc(CC(=O)[C@H](CC(=O)O)NC(=O)[C@@H]3[C@@H](CC(C)(C)C)CCN3C(=O)[C@@H](NC(=O)[C@H](CC(=O)O)NC(=O)[C@@H](NC(C)=O)C(C)C)C(C)C)cc2O1. The van der Waals surface area contributed by atoms with Gasteiger partial charge in [-0.25, -0.2) is 0 Å². The third-order valence-electron chi connectivity index (χ3n) is 10.1. The van der Waals surface area contributed by atoms with Crippen LogP contribution in [0.4, 0.5) is 0 Å². The first-order chi connectivity index (χ1) is 26.9. The fourth-order valence-electron chi connectivity index (χ4n) is 7.38. The lowest BCUT2D eigenvalue weighted by molar-refractivity contribution is -0.146. The van der Waals surface area contributed by atoms with Crippen LogP contribution in [-0.4, -0.2) is 99.1 Å². The number of carboxylic acids is 2. The van der Waals surface area contributed by atoms with Crippen LogP contribution in [0.3, 0.4) is 0 Å². The van der Waals surface area contributed by atoms with Gasteiger partial charge >= 0.3 is 11.9 Å². The van der Waals surface area contributed by atoms with Crippen molar-refractivity contribution >= 4 is 52.8 Å². The number of fused-ring (bicyclic) bond motifs is 1. The largest absolute Gasteiger partial charge is 0.481 e. The standard InChI is InChI=1S/C42H59N5O11/c1-21(2)35(43-25(7)48)39(55)45-30(19-34(52)53)38(54)46-36(22(3)4)41(57)47-14-13-27(20-42(8,9)10)37(47)40(56)44-29(18-33(50)51)31(49)16-26-11-12-28-23(5)15-24(6)58-32(28)17-26/h11-12,15,17,21-22,27,29-30,35-37H,6,13-14,16,18-20H2,1-5,7-10H3,(H,43,48)(H,44,56)(H,45,55)(H,46,54)(H,50,51)(H,52,53)/t27-,29+,30+,35+,36+,37+/m1/s1. The lowest BCUT2D eigenvalue weighted by atomic mass is 9.81. The summed E-state index contributed by atoms with van der Waals surface area (Å²) in [6, 6.07) is -1.38. The molecule has 58 heavy (non-hydrogen) atoms. The van der Waals surface area contributed by atoms with Crippen LogP contribution in [0.2, 0.25) is 0 Å². The van der Waals surface area contributed by atoms with E-state index in [-0.39, 0.29) is 18.4 Å². The molecule has 6 atom stereocenters. The van der Waals surface area contributed by atoms with Gasteiger partial charge in [-0.3, -0.25) is 38.4 Å². The third-order valence-corrected chi connectivity index (χ3v) is 10.1. The second kappa shape index (κ2) is 19.7. The van der Waals surface area contributed by atoms with E-state index in [0.717, 1.165) is 11.1 Å².